The van der Waals surface area contributed by atoms with E-state index in [-0.39, 0.29) is 5.91 Å². The van der Waals surface area contributed by atoms with E-state index in [9.17, 15) is 4.79 Å². The van der Waals surface area contributed by atoms with Gasteiger partial charge in [-0.1, -0.05) is 36.8 Å². The topological polar surface area (TPSA) is 45.7 Å². The van der Waals surface area contributed by atoms with Gasteiger partial charge in [0.15, 0.2) is 5.13 Å². The molecule has 0 N–H and O–H groups in total. The van der Waals surface area contributed by atoms with Gasteiger partial charge in [-0.05, 0) is 42.8 Å². The first-order valence-corrected chi connectivity index (χ1v) is 10.7. The van der Waals surface area contributed by atoms with Gasteiger partial charge in [0.25, 0.3) is 5.91 Å². The third-order valence-corrected chi connectivity index (χ3v) is 6.09. The second-order valence-electron chi connectivity index (χ2n) is 6.97. The standard InChI is InChI=1S/C22H25N3O2S/c1-2-3-16-27-18-10-8-17(9-11-18)21(26)24-12-14-25(15-13-24)22-23-19-6-4-5-7-20(19)28-22/h4-11H,2-3,12-16H2,1H3. The van der Waals surface area contributed by atoms with Crippen LogP contribution in [0.5, 0.6) is 5.75 Å². The molecule has 4 rings (SSSR count). The largest absolute Gasteiger partial charge is 0.494 e. The van der Waals surface area contributed by atoms with Crippen LogP contribution in [0.25, 0.3) is 10.2 Å². The Labute approximate surface area is 169 Å². The molecule has 0 saturated carbocycles. The molecule has 0 aliphatic carbocycles. The van der Waals surface area contributed by atoms with E-state index in [2.05, 4.69) is 17.9 Å². The first-order valence-electron chi connectivity index (χ1n) is 9.87. The Kier molecular flexibility index (Phi) is 5.76. The van der Waals surface area contributed by atoms with E-state index in [0.717, 1.165) is 54.5 Å². The number of piperazine rings is 1. The van der Waals surface area contributed by atoms with Crippen LogP contribution in [0.2, 0.25) is 0 Å². The zero-order valence-corrected chi connectivity index (χ0v) is 17.0. The number of nitrogens with zero attached hydrogens (tertiary/aromatic N) is 3. The van der Waals surface area contributed by atoms with Crippen LogP contribution in [-0.2, 0) is 0 Å². The second-order valence-corrected chi connectivity index (χ2v) is 7.98. The third-order valence-electron chi connectivity index (χ3n) is 4.99. The maximum atomic E-state index is 12.8. The highest BCUT2D eigenvalue weighted by molar-refractivity contribution is 7.22. The fourth-order valence-electron chi connectivity index (χ4n) is 3.31. The number of thiazole rings is 1. The van der Waals surface area contributed by atoms with Crippen molar-refractivity contribution in [3.05, 3.63) is 54.1 Å². The highest BCUT2D eigenvalue weighted by Crippen LogP contribution is 2.29. The Morgan fingerprint density at radius 3 is 2.54 bits per heavy atom. The molecular weight excluding hydrogens is 370 g/mol. The van der Waals surface area contributed by atoms with Gasteiger partial charge in [-0.2, -0.15) is 0 Å². The Hall–Kier alpha value is -2.60. The molecule has 1 aliphatic rings. The lowest BCUT2D eigenvalue weighted by Crippen LogP contribution is -2.48. The summed E-state index contributed by atoms with van der Waals surface area (Å²) in [5.74, 6) is 0.912. The summed E-state index contributed by atoms with van der Waals surface area (Å²) >= 11 is 1.72. The number of fused-ring (bicyclic) bond motifs is 1. The summed E-state index contributed by atoms with van der Waals surface area (Å²) in [6, 6.07) is 15.7. The molecule has 146 valence electrons. The lowest BCUT2D eigenvalue weighted by Gasteiger charge is -2.34. The molecule has 3 aromatic rings. The Balaban J connectivity index is 1.34. The van der Waals surface area contributed by atoms with E-state index >= 15 is 0 Å². The molecule has 2 aromatic carbocycles. The van der Waals surface area contributed by atoms with Crippen LogP contribution in [0, 0.1) is 0 Å². The van der Waals surface area contributed by atoms with Crippen molar-refractivity contribution >= 4 is 32.6 Å². The van der Waals surface area contributed by atoms with Crippen molar-refractivity contribution in [3.63, 3.8) is 0 Å². The number of aromatic nitrogens is 1. The Morgan fingerprint density at radius 2 is 1.82 bits per heavy atom. The van der Waals surface area contributed by atoms with Crippen molar-refractivity contribution in [2.24, 2.45) is 0 Å². The summed E-state index contributed by atoms with van der Waals surface area (Å²) in [5, 5.41) is 1.04. The molecule has 1 fully saturated rings. The minimum Gasteiger partial charge on any atom is -0.494 e. The van der Waals surface area contributed by atoms with Crippen molar-refractivity contribution in [1.82, 2.24) is 9.88 Å². The number of hydrogen-bond donors (Lipinski definition) is 0. The van der Waals surface area contributed by atoms with Gasteiger partial charge in [-0.3, -0.25) is 4.79 Å². The van der Waals surface area contributed by atoms with E-state index in [0.29, 0.717) is 13.1 Å². The number of hydrogen-bond acceptors (Lipinski definition) is 5. The molecule has 2 heterocycles. The minimum atomic E-state index is 0.0871. The van der Waals surface area contributed by atoms with E-state index in [4.69, 9.17) is 9.72 Å². The first kappa shape index (κ1) is 18.7. The summed E-state index contributed by atoms with van der Waals surface area (Å²) in [6.45, 7) is 5.90. The van der Waals surface area contributed by atoms with Gasteiger partial charge < -0.3 is 14.5 Å². The molecule has 1 aliphatic heterocycles. The van der Waals surface area contributed by atoms with Crippen LogP contribution in [0.1, 0.15) is 30.1 Å². The fraction of sp³-hybridized carbons (Fsp3) is 0.364. The van der Waals surface area contributed by atoms with Crippen molar-refractivity contribution < 1.29 is 9.53 Å². The number of carbonyl (C=O) groups excluding carboxylic acids is 1. The fourth-order valence-corrected chi connectivity index (χ4v) is 4.32. The number of amides is 1. The number of unbranched alkanes of at least 4 members (excludes halogenated alkanes) is 1. The summed E-state index contributed by atoms with van der Waals surface area (Å²) < 4.78 is 6.88. The number of benzene rings is 2. The molecule has 0 radical (unpaired) electrons. The van der Waals surface area contributed by atoms with Gasteiger partial charge in [-0.15, -0.1) is 0 Å². The van der Waals surface area contributed by atoms with Gasteiger partial charge in [0.1, 0.15) is 5.75 Å². The predicted octanol–water partition coefficient (Wildman–Crippen LogP) is 4.44. The van der Waals surface area contributed by atoms with Crippen molar-refractivity contribution in [1.29, 1.82) is 0 Å². The first-order chi connectivity index (χ1) is 13.7. The zero-order chi connectivity index (χ0) is 19.3. The molecule has 5 nitrogen and oxygen atoms in total. The normalized spacial score (nSPS) is 14.5. The highest BCUT2D eigenvalue weighted by Gasteiger charge is 2.24. The quantitative estimate of drug-likeness (QED) is 0.579. The molecule has 1 saturated heterocycles. The molecule has 6 heteroatoms. The van der Waals surface area contributed by atoms with Gasteiger partial charge in [0.2, 0.25) is 0 Å². The zero-order valence-electron chi connectivity index (χ0n) is 16.1. The van der Waals surface area contributed by atoms with E-state index in [1.807, 2.05) is 47.4 Å². The number of rotatable bonds is 6. The molecule has 1 amide bonds. The molecular formula is C22H25N3O2S. The Bertz CT molecular complexity index is 897. The van der Waals surface area contributed by atoms with Crippen LogP contribution < -0.4 is 9.64 Å². The number of para-hydroxylation sites is 1. The summed E-state index contributed by atoms with van der Waals surface area (Å²) in [5.41, 5.74) is 1.76. The van der Waals surface area contributed by atoms with Crippen LogP contribution in [0.3, 0.4) is 0 Å². The highest BCUT2D eigenvalue weighted by atomic mass is 32.1. The maximum Gasteiger partial charge on any atom is 0.253 e. The lowest BCUT2D eigenvalue weighted by atomic mass is 10.1. The molecule has 0 spiro atoms. The summed E-state index contributed by atoms with van der Waals surface area (Å²) in [6.07, 6.45) is 2.15. The third kappa shape index (κ3) is 4.12. The SMILES string of the molecule is CCCCOc1ccc(C(=O)N2CCN(c3nc4ccccc4s3)CC2)cc1. The average Bonchev–Trinajstić information content (AvgIpc) is 3.18. The monoisotopic (exact) mass is 395 g/mol. The molecule has 0 bridgehead atoms. The van der Waals surface area contributed by atoms with Gasteiger partial charge in [0.05, 0.1) is 16.8 Å². The van der Waals surface area contributed by atoms with E-state index in [1.54, 1.807) is 11.3 Å². The van der Waals surface area contributed by atoms with Gasteiger partial charge in [0, 0.05) is 31.7 Å². The van der Waals surface area contributed by atoms with Crippen molar-refractivity contribution in [3.8, 4) is 5.75 Å². The van der Waals surface area contributed by atoms with Crippen LogP contribution in [0.4, 0.5) is 5.13 Å². The molecule has 28 heavy (non-hydrogen) atoms. The number of ether oxygens (including phenoxy) is 1. The van der Waals surface area contributed by atoms with Crippen LogP contribution >= 0.6 is 11.3 Å². The number of carbonyl (C=O) groups is 1. The lowest BCUT2D eigenvalue weighted by molar-refractivity contribution is 0.0746. The smallest absolute Gasteiger partial charge is 0.253 e. The van der Waals surface area contributed by atoms with Gasteiger partial charge >= 0.3 is 0 Å². The maximum absolute atomic E-state index is 12.8. The summed E-state index contributed by atoms with van der Waals surface area (Å²) in [7, 11) is 0. The van der Waals surface area contributed by atoms with Crippen LogP contribution in [0.15, 0.2) is 48.5 Å². The van der Waals surface area contributed by atoms with E-state index < -0.39 is 0 Å². The van der Waals surface area contributed by atoms with Crippen molar-refractivity contribution in [2.45, 2.75) is 19.8 Å². The second kappa shape index (κ2) is 8.61. The van der Waals surface area contributed by atoms with Gasteiger partial charge in [-0.25, -0.2) is 4.98 Å². The predicted molar refractivity (Wildman–Crippen MR) is 115 cm³/mol. The molecule has 0 atom stereocenters. The molecule has 0 unspecified atom stereocenters. The summed E-state index contributed by atoms with van der Waals surface area (Å²) in [4.78, 5) is 21.7. The van der Waals surface area contributed by atoms with Crippen LogP contribution in [-0.4, -0.2) is 48.6 Å². The van der Waals surface area contributed by atoms with E-state index in [1.165, 1.54) is 4.70 Å². The van der Waals surface area contributed by atoms with Crippen molar-refractivity contribution in [2.75, 3.05) is 37.7 Å². The molecule has 1 aromatic heterocycles. The number of anilines is 1. The Morgan fingerprint density at radius 1 is 1.07 bits per heavy atom. The minimum absolute atomic E-state index is 0.0871. The average molecular weight is 396 g/mol.